The lowest BCUT2D eigenvalue weighted by molar-refractivity contribution is -0.113. The number of aryl methyl sites for hydroxylation is 1. The van der Waals surface area contributed by atoms with Gasteiger partial charge in [-0.25, -0.2) is 0 Å². The number of amides is 1. The summed E-state index contributed by atoms with van der Waals surface area (Å²) < 4.78 is 16.6. The Labute approximate surface area is 141 Å². The van der Waals surface area contributed by atoms with Gasteiger partial charge >= 0.3 is 0 Å². The molecule has 1 saturated heterocycles. The zero-order valence-electron chi connectivity index (χ0n) is 12.1. The summed E-state index contributed by atoms with van der Waals surface area (Å²) in [5.74, 6) is 2.53. The van der Waals surface area contributed by atoms with E-state index in [2.05, 4.69) is 0 Å². The van der Waals surface area contributed by atoms with Crippen molar-refractivity contribution in [2.24, 2.45) is 0 Å². The minimum absolute atomic E-state index is 0.173. The molecule has 2 aliphatic heterocycles. The number of anilines is 1. The molecule has 1 aromatic carbocycles. The number of hydrogen-bond donors (Lipinski definition) is 0. The Balaban J connectivity index is 1.66. The molecule has 0 saturated carbocycles. The third kappa shape index (κ3) is 2.51. The number of carbonyl (C=O) groups is 1. The highest BCUT2D eigenvalue weighted by atomic mass is 32.2. The maximum Gasteiger partial charge on any atom is 0.270 e. The Hall–Kier alpha value is -2.25. The molecule has 1 amide bonds. The average molecular weight is 345 g/mol. The maximum absolute atomic E-state index is 12.7. The first-order valence-electron chi connectivity index (χ1n) is 6.86. The Morgan fingerprint density at radius 2 is 2.04 bits per heavy atom. The molecule has 7 heteroatoms. The molecule has 5 nitrogen and oxygen atoms in total. The molecular weight excluding hydrogens is 334 g/mol. The van der Waals surface area contributed by atoms with Crippen LogP contribution in [0.2, 0.25) is 0 Å². The fourth-order valence-electron chi connectivity index (χ4n) is 2.37. The van der Waals surface area contributed by atoms with Gasteiger partial charge in [-0.2, -0.15) is 0 Å². The third-order valence-corrected chi connectivity index (χ3v) is 4.74. The van der Waals surface area contributed by atoms with E-state index in [0.717, 1.165) is 5.76 Å². The Morgan fingerprint density at radius 3 is 2.83 bits per heavy atom. The minimum atomic E-state index is -0.173. The van der Waals surface area contributed by atoms with Crippen molar-refractivity contribution in [3.8, 4) is 11.5 Å². The Kier molecular flexibility index (Phi) is 3.39. The molecule has 0 aliphatic carbocycles. The molecule has 3 heterocycles. The summed E-state index contributed by atoms with van der Waals surface area (Å²) in [5.41, 5.74) is 0.663. The van der Waals surface area contributed by atoms with Crippen LogP contribution in [0, 0.1) is 6.92 Å². The van der Waals surface area contributed by atoms with Gasteiger partial charge in [-0.1, -0.05) is 24.0 Å². The predicted octanol–water partition coefficient (Wildman–Crippen LogP) is 3.72. The summed E-state index contributed by atoms with van der Waals surface area (Å²) in [6, 6.07) is 8.99. The van der Waals surface area contributed by atoms with Crippen molar-refractivity contribution >= 4 is 46.0 Å². The van der Waals surface area contributed by atoms with E-state index in [4.69, 9.17) is 26.1 Å². The molecule has 1 fully saturated rings. The second-order valence-electron chi connectivity index (χ2n) is 5.00. The monoisotopic (exact) mass is 345 g/mol. The van der Waals surface area contributed by atoms with Crippen LogP contribution in [0.3, 0.4) is 0 Å². The standard InChI is InChI=1S/C16H11NO4S2/c1-9-2-4-11(21-9)7-14-15(18)17(16(22)23-14)10-3-5-12-13(6-10)20-8-19-12/h2-7H,8H2,1H3/b14-7+. The van der Waals surface area contributed by atoms with Gasteiger partial charge in [0.1, 0.15) is 11.5 Å². The number of ether oxygens (including phenoxy) is 2. The van der Waals surface area contributed by atoms with Crippen LogP contribution in [-0.2, 0) is 4.79 Å². The smallest absolute Gasteiger partial charge is 0.270 e. The first kappa shape index (κ1) is 14.3. The zero-order valence-corrected chi connectivity index (χ0v) is 13.7. The second-order valence-corrected chi connectivity index (χ2v) is 6.68. The van der Waals surface area contributed by atoms with Crippen LogP contribution in [0.1, 0.15) is 11.5 Å². The van der Waals surface area contributed by atoms with E-state index < -0.39 is 0 Å². The van der Waals surface area contributed by atoms with E-state index in [-0.39, 0.29) is 12.7 Å². The van der Waals surface area contributed by atoms with E-state index in [0.29, 0.717) is 32.2 Å². The second kappa shape index (κ2) is 5.43. The molecule has 2 aromatic rings. The molecule has 116 valence electrons. The van der Waals surface area contributed by atoms with E-state index in [1.165, 1.54) is 16.7 Å². The van der Waals surface area contributed by atoms with Crippen molar-refractivity contribution in [1.82, 2.24) is 0 Å². The molecule has 4 rings (SSSR count). The first-order valence-corrected chi connectivity index (χ1v) is 8.08. The number of thioether (sulfide) groups is 1. The zero-order chi connectivity index (χ0) is 16.0. The first-order chi connectivity index (χ1) is 11.1. The molecule has 0 bridgehead atoms. The van der Waals surface area contributed by atoms with Gasteiger partial charge in [0.25, 0.3) is 5.91 Å². The molecule has 0 unspecified atom stereocenters. The van der Waals surface area contributed by atoms with Gasteiger partial charge in [0.05, 0.1) is 10.6 Å². The molecule has 1 aromatic heterocycles. The number of carbonyl (C=O) groups excluding carboxylic acids is 1. The van der Waals surface area contributed by atoms with Crippen LogP contribution in [0.15, 0.2) is 39.7 Å². The predicted molar refractivity (Wildman–Crippen MR) is 91.7 cm³/mol. The highest BCUT2D eigenvalue weighted by molar-refractivity contribution is 8.27. The molecule has 2 aliphatic rings. The van der Waals surface area contributed by atoms with Gasteiger partial charge in [0, 0.05) is 12.1 Å². The van der Waals surface area contributed by atoms with Crippen LogP contribution in [0.25, 0.3) is 6.08 Å². The van der Waals surface area contributed by atoms with Crippen LogP contribution in [-0.4, -0.2) is 17.0 Å². The quantitative estimate of drug-likeness (QED) is 0.611. The Morgan fingerprint density at radius 1 is 1.22 bits per heavy atom. The lowest BCUT2D eigenvalue weighted by Gasteiger charge is -2.14. The van der Waals surface area contributed by atoms with Crippen molar-refractivity contribution in [2.45, 2.75) is 6.92 Å². The largest absolute Gasteiger partial charge is 0.462 e. The van der Waals surface area contributed by atoms with Crippen molar-refractivity contribution in [3.63, 3.8) is 0 Å². The number of hydrogen-bond acceptors (Lipinski definition) is 6. The van der Waals surface area contributed by atoms with Crippen molar-refractivity contribution in [3.05, 3.63) is 46.8 Å². The van der Waals surface area contributed by atoms with Gasteiger partial charge in [-0.3, -0.25) is 9.69 Å². The van der Waals surface area contributed by atoms with Crippen LogP contribution >= 0.6 is 24.0 Å². The van der Waals surface area contributed by atoms with Gasteiger partial charge in [-0.15, -0.1) is 0 Å². The van der Waals surface area contributed by atoms with Crippen LogP contribution < -0.4 is 14.4 Å². The number of benzene rings is 1. The summed E-state index contributed by atoms with van der Waals surface area (Å²) in [6.45, 7) is 2.05. The third-order valence-electron chi connectivity index (χ3n) is 3.44. The van der Waals surface area contributed by atoms with Crippen LogP contribution in [0.4, 0.5) is 5.69 Å². The number of rotatable bonds is 2. The van der Waals surface area contributed by atoms with Crippen molar-refractivity contribution < 1.29 is 18.7 Å². The van der Waals surface area contributed by atoms with Gasteiger partial charge < -0.3 is 13.9 Å². The molecule has 0 N–H and O–H groups in total. The molecule has 0 atom stereocenters. The number of furan rings is 1. The molecular formula is C16H11NO4S2. The molecule has 23 heavy (non-hydrogen) atoms. The normalized spacial score (nSPS) is 18.3. The van der Waals surface area contributed by atoms with E-state index in [1.54, 1.807) is 24.3 Å². The van der Waals surface area contributed by atoms with E-state index in [1.807, 2.05) is 19.1 Å². The summed E-state index contributed by atoms with van der Waals surface area (Å²) in [7, 11) is 0. The van der Waals surface area contributed by atoms with Gasteiger partial charge in [-0.05, 0) is 31.2 Å². The van der Waals surface area contributed by atoms with E-state index in [9.17, 15) is 4.79 Å². The lowest BCUT2D eigenvalue weighted by atomic mass is 10.2. The SMILES string of the molecule is Cc1ccc(/C=C2/SC(=S)N(c3ccc4c(c3)OCO4)C2=O)o1. The maximum atomic E-state index is 12.7. The lowest BCUT2D eigenvalue weighted by Crippen LogP contribution is -2.27. The fraction of sp³-hybridized carbons (Fsp3) is 0.125. The summed E-state index contributed by atoms with van der Waals surface area (Å²) in [4.78, 5) is 14.7. The highest BCUT2D eigenvalue weighted by Gasteiger charge is 2.34. The molecule has 0 radical (unpaired) electrons. The topological polar surface area (TPSA) is 51.9 Å². The number of thiocarbonyl (C=S) groups is 1. The fourth-order valence-corrected chi connectivity index (χ4v) is 3.65. The number of nitrogens with zero attached hydrogens (tertiary/aromatic N) is 1. The Bertz CT molecular complexity index is 856. The van der Waals surface area contributed by atoms with Crippen molar-refractivity contribution in [1.29, 1.82) is 0 Å². The van der Waals surface area contributed by atoms with Crippen LogP contribution in [0.5, 0.6) is 11.5 Å². The number of fused-ring (bicyclic) bond motifs is 1. The van der Waals surface area contributed by atoms with E-state index >= 15 is 0 Å². The van der Waals surface area contributed by atoms with Crippen molar-refractivity contribution in [2.75, 3.05) is 11.7 Å². The van der Waals surface area contributed by atoms with Gasteiger partial charge in [0.15, 0.2) is 15.8 Å². The highest BCUT2D eigenvalue weighted by Crippen LogP contribution is 2.40. The average Bonchev–Trinajstić information content (AvgIpc) is 3.20. The summed E-state index contributed by atoms with van der Waals surface area (Å²) >= 11 is 6.60. The summed E-state index contributed by atoms with van der Waals surface area (Å²) in [5, 5.41) is 0. The summed E-state index contributed by atoms with van der Waals surface area (Å²) in [6.07, 6.45) is 1.71. The minimum Gasteiger partial charge on any atom is -0.462 e. The van der Waals surface area contributed by atoms with Gasteiger partial charge in [0.2, 0.25) is 6.79 Å². The molecule has 0 spiro atoms.